The van der Waals surface area contributed by atoms with Crippen molar-refractivity contribution in [1.29, 1.82) is 0 Å². The van der Waals surface area contributed by atoms with Gasteiger partial charge in [-0.1, -0.05) is 77.5 Å². The van der Waals surface area contributed by atoms with Crippen LogP contribution < -0.4 is 0 Å². The minimum absolute atomic E-state index is 0.337. The lowest BCUT2D eigenvalue weighted by molar-refractivity contribution is 0.730. The van der Waals surface area contributed by atoms with E-state index in [4.69, 9.17) is 0 Å². The Morgan fingerprint density at radius 3 is 2.25 bits per heavy atom. The van der Waals surface area contributed by atoms with Gasteiger partial charge in [0.2, 0.25) is 0 Å². The molecule has 0 radical (unpaired) electrons. The summed E-state index contributed by atoms with van der Waals surface area (Å²) in [5, 5.41) is 1.80. The van der Waals surface area contributed by atoms with Gasteiger partial charge in [-0.25, -0.2) is 0 Å². The van der Waals surface area contributed by atoms with Crippen LogP contribution in [0, 0.1) is 0 Å². The first-order valence-corrected chi connectivity index (χ1v) is 10.8. The molecule has 20 heavy (non-hydrogen) atoms. The van der Waals surface area contributed by atoms with E-state index in [2.05, 4.69) is 82.9 Å². The van der Waals surface area contributed by atoms with Gasteiger partial charge in [-0.05, 0) is 34.7 Å². The van der Waals surface area contributed by atoms with E-state index < -0.39 is 8.07 Å². The van der Waals surface area contributed by atoms with Crippen molar-refractivity contribution in [1.82, 2.24) is 0 Å². The Hall–Kier alpha value is -1.04. The van der Waals surface area contributed by atoms with Gasteiger partial charge in [0.25, 0.3) is 0 Å². The molecule has 110 valence electrons. The summed E-state index contributed by atoms with van der Waals surface area (Å²) in [5.74, 6) is 0. The van der Waals surface area contributed by atoms with Gasteiger partial charge in [-0.15, -0.1) is 5.73 Å². The van der Waals surface area contributed by atoms with E-state index in [0.29, 0.717) is 5.04 Å². The molecule has 0 atom stereocenters. The number of hydrogen-bond donors (Lipinski definition) is 0. The normalized spacial score (nSPS) is 11.9. The van der Waals surface area contributed by atoms with Crippen LogP contribution in [0.4, 0.5) is 0 Å². The highest BCUT2D eigenvalue weighted by Gasteiger charge is 2.39. The van der Waals surface area contributed by atoms with Crippen molar-refractivity contribution in [2.75, 3.05) is 0 Å². The quantitative estimate of drug-likeness (QED) is 0.331. The monoisotopic (exact) mass is 286 g/mol. The number of hydrogen-bond acceptors (Lipinski definition) is 0. The molecule has 1 aromatic rings. The van der Waals surface area contributed by atoms with E-state index in [1.54, 1.807) is 0 Å². The molecule has 0 amide bonds. The maximum Gasteiger partial charge on any atom is 0.0966 e. The second-order valence-corrected chi connectivity index (χ2v) is 12.4. The Morgan fingerprint density at radius 2 is 1.75 bits per heavy atom. The SMILES string of the molecule is CCCCC=C=C(c1ccccc1)[Si](C)(C)C(C)(C)C. The Bertz CT molecular complexity index is 468. The summed E-state index contributed by atoms with van der Waals surface area (Å²) in [6.45, 7) is 14.3. The summed E-state index contributed by atoms with van der Waals surface area (Å²) in [7, 11) is -1.56. The summed E-state index contributed by atoms with van der Waals surface area (Å²) in [6, 6.07) is 10.8. The second kappa shape index (κ2) is 7.11. The molecular weight excluding hydrogens is 256 g/mol. The van der Waals surface area contributed by atoms with Crippen LogP contribution in [-0.4, -0.2) is 8.07 Å². The summed E-state index contributed by atoms with van der Waals surface area (Å²) < 4.78 is 0. The van der Waals surface area contributed by atoms with Crippen LogP contribution in [0.25, 0.3) is 5.20 Å². The van der Waals surface area contributed by atoms with Gasteiger partial charge in [-0.3, -0.25) is 0 Å². The van der Waals surface area contributed by atoms with Gasteiger partial charge >= 0.3 is 0 Å². The average Bonchev–Trinajstić information content (AvgIpc) is 2.38. The Balaban J connectivity index is 3.26. The highest BCUT2D eigenvalue weighted by Crippen LogP contribution is 2.43. The van der Waals surface area contributed by atoms with E-state index in [-0.39, 0.29) is 0 Å². The predicted octanol–water partition coefficient (Wildman–Crippen LogP) is 6.46. The van der Waals surface area contributed by atoms with Crippen molar-refractivity contribution in [2.24, 2.45) is 0 Å². The molecule has 0 bridgehead atoms. The third kappa shape index (κ3) is 4.23. The fourth-order valence-corrected chi connectivity index (χ4v) is 4.19. The molecule has 0 saturated heterocycles. The van der Waals surface area contributed by atoms with Crippen molar-refractivity contribution in [3.8, 4) is 0 Å². The highest BCUT2D eigenvalue weighted by molar-refractivity contribution is 6.96. The van der Waals surface area contributed by atoms with Crippen LogP contribution in [0.2, 0.25) is 18.1 Å². The molecule has 0 aromatic heterocycles. The van der Waals surface area contributed by atoms with Gasteiger partial charge < -0.3 is 0 Å². The average molecular weight is 287 g/mol. The van der Waals surface area contributed by atoms with E-state index in [9.17, 15) is 0 Å². The van der Waals surface area contributed by atoms with Crippen molar-refractivity contribution in [3.05, 3.63) is 47.7 Å². The number of allylic oxidation sites excluding steroid dienone is 1. The maximum absolute atomic E-state index is 3.67. The highest BCUT2D eigenvalue weighted by atomic mass is 28.3. The van der Waals surface area contributed by atoms with Crippen molar-refractivity contribution in [2.45, 2.75) is 65.1 Å². The third-order valence-corrected chi connectivity index (χ3v) is 9.94. The number of benzene rings is 1. The molecule has 0 heterocycles. The van der Waals surface area contributed by atoms with E-state index in [1.165, 1.54) is 23.6 Å². The molecule has 0 N–H and O–H groups in total. The Morgan fingerprint density at radius 1 is 1.15 bits per heavy atom. The maximum atomic E-state index is 3.67. The first-order valence-electron chi connectivity index (χ1n) is 7.81. The van der Waals surface area contributed by atoms with Crippen molar-refractivity contribution < 1.29 is 0 Å². The molecule has 0 fully saturated rings. The number of unbranched alkanes of at least 4 members (excludes halogenated alkanes) is 2. The predicted molar refractivity (Wildman–Crippen MR) is 94.7 cm³/mol. The summed E-state index contributed by atoms with van der Waals surface area (Å²) in [6.07, 6.45) is 5.90. The third-order valence-electron chi connectivity index (χ3n) is 4.51. The van der Waals surface area contributed by atoms with Gasteiger partial charge in [0.1, 0.15) is 0 Å². The first-order chi connectivity index (χ1) is 9.30. The van der Waals surface area contributed by atoms with E-state index >= 15 is 0 Å². The lowest BCUT2D eigenvalue weighted by Gasteiger charge is -2.38. The van der Waals surface area contributed by atoms with Gasteiger partial charge in [0.15, 0.2) is 0 Å². The standard InChI is InChI=1S/C19H30Si/c1-7-8-9-13-16-18(17-14-11-10-12-15-17)20(5,6)19(2,3)4/h10-15H,7-9H2,1-6H3. The molecule has 0 aliphatic rings. The van der Waals surface area contributed by atoms with Crippen molar-refractivity contribution >= 4 is 13.3 Å². The zero-order valence-electron chi connectivity index (χ0n) is 14.1. The molecule has 0 spiro atoms. The van der Waals surface area contributed by atoms with Gasteiger partial charge in [-0.2, -0.15) is 0 Å². The fraction of sp³-hybridized carbons (Fsp3) is 0.526. The fourth-order valence-electron chi connectivity index (χ4n) is 2.08. The van der Waals surface area contributed by atoms with Crippen LogP contribution in [-0.2, 0) is 0 Å². The minimum Gasteiger partial charge on any atom is -0.126 e. The minimum atomic E-state index is -1.56. The molecule has 0 aliphatic heterocycles. The largest absolute Gasteiger partial charge is 0.126 e. The van der Waals surface area contributed by atoms with Crippen LogP contribution in [0.1, 0.15) is 52.5 Å². The van der Waals surface area contributed by atoms with Crippen LogP contribution in [0.5, 0.6) is 0 Å². The Labute approximate surface area is 126 Å². The zero-order chi connectivity index (χ0) is 15.2. The Kier molecular flexibility index (Phi) is 6.04. The lowest BCUT2D eigenvalue weighted by atomic mass is 10.2. The molecule has 0 aliphatic carbocycles. The smallest absolute Gasteiger partial charge is 0.0966 e. The number of rotatable bonds is 5. The molecule has 0 saturated carbocycles. The zero-order valence-corrected chi connectivity index (χ0v) is 15.1. The van der Waals surface area contributed by atoms with Crippen LogP contribution >= 0.6 is 0 Å². The lowest BCUT2D eigenvalue weighted by Crippen LogP contribution is -2.38. The van der Waals surface area contributed by atoms with Crippen LogP contribution in [0.15, 0.2) is 42.1 Å². The van der Waals surface area contributed by atoms with E-state index in [1.807, 2.05) is 0 Å². The van der Waals surface area contributed by atoms with Crippen molar-refractivity contribution in [3.63, 3.8) is 0 Å². The molecule has 1 rings (SSSR count). The molecule has 0 unspecified atom stereocenters. The summed E-state index contributed by atoms with van der Waals surface area (Å²) >= 11 is 0. The molecular formula is C19H30Si. The molecule has 1 aromatic carbocycles. The first kappa shape index (κ1) is 17.0. The van der Waals surface area contributed by atoms with E-state index in [0.717, 1.165) is 6.42 Å². The van der Waals surface area contributed by atoms with Gasteiger partial charge in [0, 0.05) is 0 Å². The topological polar surface area (TPSA) is 0 Å². The second-order valence-electron chi connectivity index (χ2n) is 7.11. The van der Waals surface area contributed by atoms with Gasteiger partial charge in [0.05, 0.1) is 8.07 Å². The summed E-state index contributed by atoms with van der Waals surface area (Å²) in [5.41, 5.74) is 5.02. The molecule has 0 nitrogen and oxygen atoms in total. The molecule has 1 heteroatoms. The van der Waals surface area contributed by atoms with Crippen LogP contribution in [0.3, 0.4) is 0 Å². The summed E-state index contributed by atoms with van der Waals surface area (Å²) in [4.78, 5) is 0.